The Morgan fingerprint density at radius 1 is 0.583 bits per heavy atom. The van der Waals surface area contributed by atoms with E-state index in [-0.39, 0.29) is 17.4 Å². The highest BCUT2D eigenvalue weighted by molar-refractivity contribution is 6.36. The Bertz CT molecular complexity index is 1600. The van der Waals surface area contributed by atoms with E-state index in [0.717, 1.165) is 30.5 Å². The van der Waals surface area contributed by atoms with Crippen molar-refractivity contribution in [2.75, 3.05) is 19.8 Å². The maximum atomic E-state index is 6.59. The van der Waals surface area contributed by atoms with Gasteiger partial charge in [-0.25, -0.2) is 0 Å². The van der Waals surface area contributed by atoms with Crippen LogP contribution in [0.4, 0.5) is 0 Å². The molecule has 1 saturated carbocycles. The van der Waals surface area contributed by atoms with Crippen LogP contribution in [0.2, 0.25) is 20.1 Å². The Morgan fingerprint density at radius 2 is 1.00 bits per heavy atom. The summed E-state index contributed by atoms with van der Waals surface area (Å²) in [7, 11) is 0. The van der Waals surface area contributed by atoms with Crippen LogP contribution >= 0.6 is 46.4 Å². The Balaban J connectivity index is 1.46. The lowest BCUT2D eigenvalue weighted by molar-refractivity contribution is 0.0570. The fourth-order valence-electron chi connectivity index (χ4n) is 7.69. The molecular formula is C41H47Cl4NO2. The molecule has 0 heterocycles. The molecule has 7 heteroatoms. The zero-order chi connectivity index (χ0) is 34.3. The van der Waals surface area contributed by atoms with Crippen LogP contribution in [-0.2, 0) is 22.7 Å². The van der Waals surface area contributed by atoms with Gasteiger partial charge >= 0.3 is 0 Å². The minimum absolute atomic E-state index is 0.118. The van der Waals surface area contributed by atoms with Crippen molar-refractivity contribution >= 4 is 46.4 Å². The molecule has 0 radical (unpaired) electrons. The first kappa shape index (κ1) is 37.2. The van der Waals surface area contributed by atoms with Crippen LogP contribution in [-0.4, -0.2) is 25.3 Å². The summed E-state index contributed by atoms with van der Waals surface area (Å²) >= 11 is 26.1. The predicted octanol–water partition coefficient (Wildman–Crippen LogP) is 12.1. The molecule has 2 unspecified atom stereocenters. The standard InChI is InChI=1S/C41H47Cl4NO2/c1-27-12-8-13-28(2)39(27)31(23-47-24-32-35(42)16-10-17-36(32)43)22-46-41(20-6-5-7-21-41)34(40-29(3)14-9-15-30(40)4)26-48-25-33-37(44)18-11-19-38(33)45/h8-19,31,34,46H,5-7,20-26H2,1-4H3. The Hall–Kier alpha value is -2.08. The van der Waals surface area contributed by atoms with Gasteiger partial charge in [-0.3, -0.25) is 0 Å². The molecule has 3 nitrogen and oxygen atoms in total. The third kappa shape index (κ3) is 8.79. The van der Waals surface area contributed by atoms with Crippen LogP contribution in [0.25, 0.3) is 0 Å². The van der Waals surface area contributed by atoms with Gasteiger partial charge in [-0.1, -0.05) is 114 Å². The summed E-state index contributed by atoms with van der Waals surface area (Å²) in [5.74, 6) is 0.245. The molecule has 0 aliphatic heterocycles. The second-order valence-electron chi connectivity index (χ2n) is 13.4. The first-order valence-corrected chi connectivity index (χ1v) is 18.5. The lowest BCUT2D eigenvalue weighted by Crippen LogP contribution is -2.54. The molecule has 1 fully saturated rings. The molecule has 48 heavy (non-hydrogen) atoms. The number of halogens is 4. The average molecular weight is 728 g/mol. The van der Waals surface area contributed by atoms with E-state index < -0.39 is 0 Å². The van der Waals surface area contributed by atoms with Gasteiger partial charge in [0, 0.05) is 55.1 Å². The average Bonchev–Trinajstić information content (AvgIpc) is 3.05. The van der Waals surface area contributed by atoms with E-state index in [4.69, 9.17) is 55.9 Å². The molecular weight excluding hydrogens is 680 g/mol. The number of nitrogens with one attached hydrogen (secondary N) is 1. The number of rotatable bonds is 14. The summed E-state index contributed by atoms with van der Waals surface area (Å²) in [6.07, 6.45) is 5.70. The number of hydrogen-bond donors (Lipinski definition) is 1. The smallest absolute Gasteiger partial charge is 0.0746 e. The molecule has 1 N–H and O–H groups in total. The third-order valence-electron chi connectivity index (χ3n) is 10.2. The van der Waals surface area contributed by atoms with E-state index in [1.54, 1.807) is 0 Å². The van der Waals surface area contributed by atoms with Gasteiger partial charge in [0.2, 0.25) is 0 Å². The number of aryl methyl sites for hydroxylation is 4. The maximum absolute atomic E-state index is 6.59. The normalized spacial score (nSPS) is 15.8. The fourth-order valence-corrected chi connectivity index (χ4v) is 8.70. The Morgan fingerprint density at radius 3 is 1.48 bits per heavy atom. The second kappa shape index (κ2) is 17.2. The van der Waals surface area contributed by atoms with Crippen molar-refractivity contribution in [3.05, 3.63) is 137 Å². The Kier molecular flexibility index (Phi) is 13.3. The van der Waals surface area contributed by atoms with Crippen molar-refractivity contribution < 1.29 is 9.47 Å². The van der Waals surface area contributed by atoms with Gasteiger partial charge in [0.25, 0.3) is 0 Å². The van der Waals surface area contributed by atoms with Gasteiger partial charge in [-0.05, 0) is 98.2 Å². The quantitative estimate of drug-likeness (QED) is 0.140. The van der Waals surface area contributed by atoms with Gasteiger partial charge < -0.3 is 14.8 Å². The predicted molar refractivity (Wildman–Crippen MR) is 203 cm³/mol. The number of benzene rings is 4. The summed E-state index contributed by atoms with van der Waals surface area (Å²) in [6.45, 7) is 11.4. The lowest BCUT2D eigenvalue weighted by atomic mass is 9.68. The molecule has 256 valence electrons. The van der Waals surface area contributed by atoms with Crippen molar-refractivity contribution in [1.29, 1.82) is 0 Å². The van der Waals surface area contributed by atoms with Crippen LogP contribution in [0, 0.1) is 27.7 Å². The van der Waals surface area contributed by atoms with E-state index in [1.807, 2.05) is 36.4 Å². The van der Waals surface area contributed by atoms with Crippen molar-refractivity contribution in [3.8, 4) is 0 Å². The molecule has 5 rings (SSSR count). The van der Waals surface area contributed by atoms with Gasteiger partial charge in [-0.2, -0.15) is 0 Å². The summed E-state index contributed by atoms with van der Waals surface area (Å²) in [5, 5.41) is 6.73. The van der Waals surface area contributed by atoms with Crippen molar-refractivity contribution in [1.82, 2.24) is 5.32 Å². The van der Waals surface area contributed by atoms with Crippen molar-refractivity contribution in [2.45, 2.75) is 90.4 Å². The monoisotopic (exact) mass is 725 g/mol. The third-order valence-corrected chi connectivity index (χ3v) is 11.6. The molecule has 0 saturated heterocycles. The van der Waals surface area contributed by atoms with Crippen LogP contribution in [0.15, 0.2) is 72.8 Å². The molecule has 1 aliphatic rings. The topological polar surface area (TPSA) is 30.5 Å². The molecule has 1 aliphatic carbocycles. The highest BCUT2D eigenvalue weighted by Gasteiger charge is 2.42. The SMILES string of the molecule is Cc1cccc(C)c1C(CNC1(C(COCc2c(Cl)cccc2Cl)c2c(C)cccc2C)CCCCC1)COCc1c(Cl)cccc1Cl. The molecule has 4 aromatic carbocycles. The molecule has 0 aromatic heterocycles. The molecule has 0 spiro atoms. The van der Waals surface area contributed by atoms with Crippen LogP contribution in [0.3, 0.4) is 0 Å². The molecule has 4 aromatic rings. The largest absolute Gasteiger partial charge is 0.376 e. The minimum Gasteiger partial charge on any atom is -0.376 e. The highest BCUT2D eigenvalue weighted by atomic mass is 35.5. The summed E-state index contributed by atoms with van der Waals surface area (Å²) in [4.78, 5) is 0. The molecule has 2 atom stereocenters. The van der Waals surface area contributed by atoms with Crippen molar-refractivity contribution in [2.24, 2.45) is 0 Å². The zero-order valence-corrected chi connectivity index (χ0v) is 31.5. The van der Waals surface area contributed by atoms with E-state index in [2.05, 4.69) is 69.4 Å². The molecule has 0 bridgehead atoms. The van der Waals surface area contributed by atoms with E-state index in [9.17, 15) is 0 Å². The fraction of sp³-hybridized carbons (Fsp3) is 0.415. The first-order chi connectivity index (χ1) is 23.1. The summed E-state index contributed by atoms with van der Waals surface area (Å²) < 4.78 is 13.0. The number of hydrogen-bond acceptors (Lipinski definition) is 3. The zero-order valence-electron chi connectivity index (χ0n) is 28.5. The Labute approximate surface area is 307 Å². The van der Waals surface area contributed by atoms with E-state index in [1.165, 1.54) is 52.6 Å². The van der Waals surface area contributed by atoms with Gasteiger partial charge in [0.05, 0.1) is 26.4 Å². The maximum Gasteiger partial charge on any atom is 0.0746 e. The van der Waals surface area contributed by atoms with Crippen molar-refractivity contribution in [3.63, 3.8) is 0 Å². The number of ether oxygens (including phenoxy) is 2. The summed E-state index contributed by atoms with van der Waals surface area (Å²) in [6, 6.07) is 24.3. The van der Waals surface area contributed by atoms with E-state index >= 15 is 0 Å². The first-order valence-electron chi connectivity index (χ1n) is 17.0. The highest BCUT2D eigenvalue weighted by Crippen LogP contribution is 2.43. The van der Waals surface area contributed by atoms with Crippen LogP contribution in [0.5, 0.6) is 0 Å². The second-order valence-corrected chi connectivity index (χ2v) is 15.0. The van der Waals surface area contributed by atoms with Crippen LogP contribution in [0.1, 0.15) is 88.4 Å². The lowest BCUT2D eigenvalue weighted by Gasteiger charge is -2.46. The van der Waals surface area contributed by atoms with E-state index in [0.29, 0.717) is 46.5 Å². The van der Waals surface area contributed by atoms with Gasteiger partial charge in [0.15, 0.2) is 0 Å². The summed E-state index contributed by atoms with van der Waals surface area (Å²) in [5.41, 5.74) is 9.30. The van der Waals surface area contributed by atoms with Gasteiger partial charge in [-0.15, -0.1) is 0 Å². The van der Waals surface area contributed by atoms with Gasteiger partial charge in [0.1, 0.15) is 0 Å². The molecule has 0 amide bonds. The van der Waals surface area contributed by atoms with Crippen LogP contribution < -0.4 is 5.32 Å². The minimum atomic E-state index is -0.166.